The van der Waals surface area contributed by atoms with Gasteiger partial charge < -0.3 is 5.32 Å². The molecule has 1 aliphatic rings. The molecule has 1 aliphatic carbocycles. The lowest BCUT2D eigenvalue weighted by molar-refractivity contribution is -0.126. The van der Waals surface area contributed by atoms with E-state index in [9.17, 15) is 9.59 Å². The van der Waals surface area contributed by atoms with Gasteiger partial charge >= 0.3 is 0 Å². The molecule has 1 saturated carbocycles. The fourth-order valence-corrected chi connectivity index (χ4v) is 5.09. The zero-order valence-electron chi connectivity index (χ0n) is 16.1. The van der Waals surface area contributed by atoms with Crippen molar-refractivity contribution in [1.29, 1.82) is 0 Å². The third kappa shape index (κ3) is 3.08. The van der Waals surface area contributed by atoms with Gasteiger partial charge in [0.1, 0.15) is 17.4 Å². The van der Waals surface area contributed by atoms with E-state index >= 15 is 0 Å². The lowest BCUT2D eigenvalue weighted by Gasteiger charge is -2.31. The number of hydrogen-bond donors (Lipinski definition) is 1. The molecule has 0 aromatic carbocycles. The quantitative estimate of drug-likeness (QED) is 0.744. The lowest BCUT2D eigenvalue weighted by Crippen LogP contribution is -2.46. The monoisotopic (exact) mass is 386 g/mol. The smallest absolute Gasteiger partial charge is 0.291 e. The van der Waals surface area contributed by atoms with Gasteiger partial charge in [-0.25, -0.2) is 4.68 Å². The molecule has 3 atom stereocenters. The molecule has 3 aromatic rings. The first-order valence-corrected chi connectivity index (χ1v) is 10.7. The van der Waals surface area contributed by atoms with Gasteiger partial charge in [-0.1, -0.05) is 26.7 Å². The van der Waals surface area contributed by atoms with E-state index in [1.54, 1.807) is 11.3 Å². The molecule has 4 rings (SSSR count). The van der Waals surface area contributed by atoms with Crippen molar-refractivity contribution in [3.8, 4) is 0 Å². The molecule has 0 radical (unpaired) electrons. The average molecular weight is 387 g/mol. The highest BCUT2D eigenvalue weighted by atomic mass is 32.1. The Morgan fingerprint density at radius 1 is 1.37 bits per heavy atom. The number of aromatic nitrogens is 3. The molecule has 3 aromatic heterocycles. The highest BCUT2D eigenvalue weighted by molar-refractivity contribution is 7.17. The molecule has 1 fully saturated rings. The SMILES string of the molecule is CCC(C(=O)NC1CCCCC1C)n1nc(C)n2c(cc3sccc32)c1=O. The third-order valence-electron chi connectivity index (χ3n) is 5.85. The Hall–Kier alpha value is -2.15. The molecule has 1 amide bonds. The maximum Gasteiger partial charge on any atom is 0.291 e. The highest BCUT2D eigenvalue weighted by Gasteiger charge is 2.28. The number of thiophene rings is 1. The summed E-state index contributed by atoms with van der Waals surface area (Å²) in [5.41, 5.74) is 1.38. The number of aryl methyl sites for hydroxylation is 1. The summed E-state index contributed by atoms with van der Waals surface area (Å²) in [6.45, 7) is 6.01. The van der Waals surface area contributed by atoms with Gasteiger partial charge in [0.05, 0.1) is 10.2 Å². The fourth-order valence-electron chi connectivity index (χ4n) is 4.29. The fraction of sp³-hybridized carbons (Fsp3) is 0.550. The summed E-state index contributed by atoms with van der Waals surface area (Å²) < 4.78 is 4.33. The second-order valence-corrected chi connectivity index (χ2v) is 8.58. The summed E-state index contributed by atoms with van der Waals surface area (Å²) in [6.07, 6.45) is 5.07. The molecule has 27 heavy (non-hydrogen) atoms. The van der Waals surface area contributed by atoms with Gasteiger partial charge in [-0.05, 0) is 49.6 Å². The molecule has 0 spiro atoms. The van der Waals surface area contributed by atoms with Gasteiger partial charge in [-0.2, -0.15) is 5.10 Å². The van der Waals surface area contributed by atoms with Crippen LogP contribution < -0.4 is 10.9 Å². The number of hydrogen-bond acceptors (Lipinski definition) is 4. The predicted molar refractivity (Wildman–Crippen MR) is 108 cm³/mol. The lowest BCUT2D eigenvalue weighted by atomic mass is 9.86. The molecule has 0 aliphatic heterocycles. The molecule has 144 valence electrons. The van der Waals surface area contributed by atoms with Gasteiger partial charge in [0, 0.05) is 6.04 Å². The zero-order valence-corrected chi connectivity index (χ0v) is 16.9. The van der Waals surface area contributed by atoms with E-state index < -0.39 is 6.04 Å². The summed E-state index contributed by atoms with van der Waals surface area (Å²) in [7, 11) is 0. The van der Waals surface area contributed by atoms with Gasteiger partial charge in [0.25, 0.3) is 5.56 Å². The van der Waals surface area contributed by atoms with Crippen molar-refractivity contribution < 1.29 is 4.79 Å². The topological polar surface area (TPSA) is 68.4 Å². The van der Waals surface area contributed by atoms with Gasteiger partial charge in [-0.15, -0.1) is 11.3 Å². The van der Waals surface area contributed by atoms with Crippen molar-refractivity contribution in [2.24, 2.45) is 5.92 Å². The molecule has 0 saturated heterocycles. The Balaban J connectivity index is 1.71. The van der Waals surface area contributed by atoms with Crippen molar-refractivity contribution in [3.63, 3.8) is 0 Å². The van der Waals surface area contributed by atoms with Crippen molar-refractivity contribution in [3.05, 3.63) is 33.7 Å². The standard InChI is InChI=1S/C20H26N4O2S/c1-4-15(19(25)21-14-8-6-5-7-12(14)2)24-20(26)17-11-18-16(9-10-27-18)23(17)13(3)22-24/h9-12,14-15H,4-8H2,1-3H3,(H,21,25). The Bertz CT molecular complexity index is 1050. The maximum atomic E-state index is 13.1. The summed E-state index contributed by atoms with van der Waals surface area (Å²) in [5, 5.41) is 9.72. The van der Waals surface area contributed by atoms with Crippen molar-refractivity contribution in [1.82, 2.24) is 19.5 Å². The maximum absolute atomic E-state index is 13.1. The largest absolute Gasteiger partial charge is 0.351 e. The summed E-state index contributed by atoms with van der Waals surface area (Å²) in [6, 6.07) is 3.52. The van der Waals surface area contributed by atoms with E-state index in [2.05, 4.69) is 17.3 Å². The minimum atomic E-state index is -0.580. The average Bonchev–Trinajstić information content (AvgIpc) is 3.23. The van der Waals surface area contributed by atoms with Crippen LogP contribution in [-0.4, -0.2) is 26.1 Å². The van der Waals surface area contributed by atoms with Crippen LogP contribution in [0.4, 0.5) is 0 Å². The highest BCUT2D eigenvalue weighted by Crippen LogP contribution is 2.26. The van der Waals surface area contributed by atoms with E-state index in [0.29, 0.717) is 17.9 Å². The number of amides is 1. The van der Waals surface area contributed by atoms with E-state index in [1.807, 2.05) is 35.8 Å². The van der Waals surface area contributed by atoms with Crippen molar-refractivity contribution in [2.45, 2.75) is 65.0 Å². The molecule has 3 heterocycles. The van der Waals surface area contributed by atoms with Crippen LogP contribution in [0.2, 0.25) is 0 Å². The number of carbonyl (C=O) groups is 1. The second kappa shape index (κ2) is 7.11. The molecular formula is C20H26N4O2S. The van der Waals surface area contributed by atoms with Crippen molar-refractivity contribution in [2.75, 3.05) is 0 Å². The predicted octanol–water partition coefficient (Wildman–Crippen LogP) is 3.67. The van der Waals surface area contributed by atoms with Crippen LogP contribution >= 0.6 is 11.3 Å². The first-order valence-electron chi connectivity index (χ1n) is 9.79. The number of nitrogens with one attached hydrogen (secondary N) is 1. The first-order chi connectivity index (χ1) is 13.0. The van der Waals surface area contributed by atoms with Crippen LogP contribution in [0, 0.1) is 12.8 Å². The Morgan fingerprint density at radius 3 is 2.89 bits per heavy atom. The van der Waals surface area contributed by atoms with Crippen LogP contribution in [-0.2, 0) is 4.79 Å². The third-order valence-corrected chi connectivity index (χ3v) is 6.70. The Labute approximate surface area is 162 Å². The van der Waals surface area contributed by atoms with Crippen LogP contribution in [0.5, 0.6) is 0 Å². The molecular weight excluding hydrogens is 360 g/mol. The van der Waals surface area contributed by atoms with Gasteiger partial charge in [0.15, 0.2) is 0 Å². The van der Waals surface area contributed by atoms with Gasteiger partial charge in [-0.3, -0.25) is 14.0 Å². The molecule has 7 heteroatoms. The second-order valence-electron chi connectivity index (χ2n) is 7.63. The van der Waals surface area contributed by atoms with E-state index in [0.717, 1.165) is 35.3 Å². The van der Waals surface area contributed by atoms with Crippen molar-refractivity contribution >= 4 is 33.0 Å². The normalized spacial score (nSPS) is 21.6. The van der Waals surface area contributed by atoms with E-state index in [1.165, 1.54) is 11.1 Å². The molecule has 6 nitrogen and oxygen atoms in total. The number of carbonyl (C=O) groups excluding carboxylic acids is 1. The van der Waals surface area contributed by atoms with Crippen LogP contribution in [0.1, 0.15) is 57.8 Å². The Morgan fingerprint density at radius 2 is 2.15 bits per heavy atom. The number of rotatable bonds is 4. The molecule has 1 N–H and O–H groups in total. The number of fused-ring (bicyclic) bond motifs is 3. The van der Waals surface area contributed by atoms with E-state index in [-0.39, 0.29) is 17.5 Å². The zero-order chi connectivity index (χ0) is 19.1. The first kappa shape index (κ1) is 18.2. The summed E-state index contributed by atoms with van der Waals surface area (Å²) >= 11 is 1.60. The van der Waals surface area contributed by atoms with E-state index in [4.69, 9.17) is 0 Å². The minimum absolute atomic E-state index is 0.0945. The molecule has 3 unspecified atom stereocenters. The molecule has 0 bridgehead atoms. The summed E-state index contributed by atoms with van der Waals surface area (Å²) in [5.74, 6) is 1.10. The number of nitrogens with zero attached hydrogens (tertiary/aromatic N) is 3. The Kier molecular flexibility index (Phi) is 4.80. The van der Waals surface area contributed by atoms with Gasteiger partial charge in [0.2, 0.25) is 5.91 Å². The van der Waals surface area contributed by atoms with Crippen LogP contribution in [0.3, 0.4) is 0 Å². The summed E-state index contributed by atoms with van der Waals surface area (Å²) in [4.78, 5) is 26.1. The van der Waals surface area contributed by atoms with Crippen LogP contribution in [0.25, 0.3) is 15.7 Å². The minimum Gasteiger partial charge on any atom is -0.351 e. The van der Waals surface area contributed by atoms with Crippen LogP contribution in [0.15, 0.2) is 22.3 Å².